The molecule has 0 bridgehead atoms. The van der Waals surface area contributed by atoms with Crippen LogP contribution < -0.4 is 5.32 Å². The van der Waals surface area contributed by atoms with Gasteiger partial charge in [0.2, 0.25) is 0 Å². The first-order valence-electron chi connectivity index (χ1n) is 6.13. The van der Waals surface area contributed by atoms with Crippen LogP contribution in [0, 0.1) is 0 Å². The molecule has 0 heterocycles. The van der Waals surface area contributed by atoms with Crippen molar-refractivity contribution in [2.24, 2.45) is 0 Å². The molecule has 1 unspecified atom stereocenters. The number of nitrogens with one attached hydrogen (secondary N) is 1. The lowest BCUT2D eigenvalue weighted by Crippen LogP contribution is -2.30. The van der Waals surface area contributed by atoms with E-state index in [0.29, 0.717) is 6.04 Å². The summed E-state index contributed by atoms with van der Waals surface area (Å²) >= 11 is 0. The maximum atomic E-state index is 9.34. The highest BCUT2D eigenvalue weighted by molar-refractivity contribution is 5.25. The van der Waals surface area contributed by atoms with Crippen LogP contribution in [0.3, 0.4) is 0 Å². The summed E-state index contributed by atoms with van der Waals surface area (Å²) in [5, 5.41) is 12.7. The Kier molecular flexibility index (Phi) is 5.50. The SMILES string of the molecule is CCCc1ccc(C(CO)NC(C)C)cc1. The van der Waals surface area contributed by atoms with Crippen LogP contribution in [0.1, 0.15) is 44.4 Å². The number of benzene rings is 1. The molecule has 2 heteroatoms. The van der Waals surface area contributed by atoms with Crippen LogP contribution in [0.2, 0.25) is 0 Å². The normalized spacial score (nSPS) is 13.1. The molecule has 16 heavy (non-hydrogen) atoms. The summed E-state index contributed by atoms with van der Waals surface area (Å²) in [6.07, 6.45) is 2.30. The van der Waals surface area contributed by atoms with Crippen molar-refractivity contribution >= 4 is 0 Å². The van der Waals surface area contributed by atoms with E-state index in [4.69, 9.17) is 0 Å². The molecule has 0 aliphatic carbocycles. The summed E-state index contributed by atoms with van der Waals surface area (Å²) in [7, 11) is 0. The molecule has 0 fully saturated rings. The minimum absolute atomic E-state index is 0.0516. The van der Waals surface area contributed by atoms with Crippen LogP contribution in [0.4, 0.5) is 0 Å². The van der Waals surface area contributed by atoms with Crippen LogP contribution in [0.25, 0.3) is 0 Å². The van der Waals surface area contributed by atoms with Gasteiger partial charge in [0.25, 0.3) is 0 Å². The summed E-state index contributed by atoms with van der Waals surface area (Å²) in [6, 6.07) is 8.97. The fraction of sp³-hybridized carbons (Fsp3) is 0.571. The van der Waals surface area contributed by atoms with Gasteiger partial charge < -0.3 is 10.4 Å². The first kappa shape index (κ1) is 13.2. The second-order valence-corrected chi connectivity index (χ2v) is 4.55. The Labute approximate surface area is 98.7 Å². The zero-order valence-electron chi connectivity index (χ0n) is 10.5. The third-order valence-electron chi connectivity index (χ3n) is 2.64. The zero-order chi connectivity index (χ0) is 12.0. The lowest BCUT2D eigenvalue weighted by atomic mass is 10.0. The summed E-state index contributed by atoms with van der Waals surface area (Å²) in [6.45, 7) is 6.51. The molecule has 1 rings (SSSR count). The Hall–Kier alpha value is -0.860. The highest BCUT2D eigenvalue weighted by Gasteiger charge is 2.10. The fourth-order valence-electron chi connectivity index (χ4n) is 1.86. The topological polar surface area (TPSA) is 32.3 Å². The minimum atomic E-state index is 0.0516. The molecule has 0 saturated heterocycles. The molecule has 0 saturated carbocycles. The van der Waals surface area contributed by atoms with E-state index < -0.39 is 0 Å². The summed E-state index contributed by atoms with van der Waals surface area (Å²) < 4.78 is 0. The first-order valence-corrected chi connectivity index (χ1v) is 6.13. The number of aryl methyl sites for hydroxylation is 1. The highest BCUT2D eigenvalue weighted by atomic mass is 16.3. The monoisotopic (exact) mass is 221 g/mol. The van der Waals surface area contributed by atoms with E-state index in [2.05, 4.69) is 50.4 Å². The Balaban J connectivity index is 2.70. The van der Waals surface area contributed by atoms with Crippen molar-refractivity contribution in [2.45, 2.75) is 45.7 Å². The molecule has 1 atom stereocenters. The fourth-order valence-corrected chi connectivity index (χ4v) is 1.86. The quantitative estimate of drug-likeness (QED) is 0.774. The van der Waals surface area contributed by atoms with Crippen molar-refractivity contribution in [2.75, 3.05) is 6.61 Å². The third kappa shape index (κ3) is 3.95. The van der Waals surface area contributed by atoms with Gasteiger partial charge in [-0.05, 0) is 17.5 Å². The lowest BCUT2D eigenvalue weighted by molar-refractivity contribution is 0.237. The number of aliphatic hydroxyl groups is 1. The number of aliphatic hydroxyl groups excluding tert-OH is 1. The van der Waals surface area contributed by atoms with Crippen LogP contribution >= 0.6 is 0 Å². The molecule has 90 valence electrons. The van der Waals surface area contributed by atoms with Crippen molar-refractivity contribution < 1.29 is 5.11 Å². The van der Waals surface area contributed by atoms with Gasteiger partial charge in [-0.3, -0.25) is 0 Å². The van der Waals surface area contributed by atoms with E-state index in [0.717, 1.165) is 12.0 Å². The molecule has 0 radical (unpaired) electrons. The smallest absolute Gasteiger partial charge is 0.0626 e. The molecular weight excluding hydrogens is 198 g/mol. The van der Waals surface area contributed by atoms with Gasteiger partial charge >= 0.3 is 0 Å². The molecule has 0 aliphatic heterocycles. The standard InChI is InChI=1S/C14H23NO/c1-4-5-12-6-8-13(9-7-12)14(10-16)15-11(2)3/h6-9,11,14-16H,4-5,10H2,1-3H3. The summed E-state index contributed by atoms with van der Waals surface area (Å²) in [5.74, 6) is 0. The van der Waals surface area contributed by atoms with Crippen LogP contribution in [-0.4, -0.2) is 17.8 Å². The highest BCUT2D eigenvalue weighted by Crippen LogP contribution is 2.15. The molecule has 0 aromatic heterocycles. The maximum Gasteiger partial charge on any atom is 0.0626 e. The molecule has 0 amide bonds. The van der Waals surface area contributed by atoms with Gasteiger partial charge in [0.1, 0.15) is 0 Å². The van der Waals surface area contributed by atoms with Crippen molar-refractivity contribution in [3.63, 3.8) is 0 Å². The first-order chi connectivity index (χ1) is 7.67. The van der Waals surface area contributed by atoms with Gasteiger partial charge in [-0.2, -0.15) is 0 Å². The molecule has 0 aliphatic rings. The van der Waals surface area contributed by atoms with Crippen LogP contribution in [0.15, 0.2) is 24.3 Å². The number of rotatable bonds is 6. The maximum absolute atomic E-state index is 9.34. The van der Waals surface area contributed by atoms with E-state index in [1.807, 2.05) is 0 Å². The molecule has 1 aromatic rings. The van der Waals surface area contributed by atoms with Crippen molar-refractivity contribution in [3.05, 3.63) is 35.4 Å². The van der Waals surface area contributed by atoms with Gasteiger partial charge in [0.15, 0.2) is 0 Å². The van der Waals surface area contributed by atoms with Gasteiger partial charge in [0, 0.05) is 6.04 Å². The van der Waals surface area contributed by atoms with Gasteiger partial charge in [0.05, 0.1) is 12.6 Å². The Morgan fingerprint density at radius 2 is 1.81 bits per heavy atom. The van der Waals surface area contributed by atoms with E-state index >= 15 is 0 Å². The molecule has 2 N–H and O–H groups in total. The van der Waals surface area contributed by atoms with Gasteiger partial charge in [-0.25, -0.2) is 0 Å². The Morgan fingerprint density at radius 3 is 2.25 bits per heavy atom. The van der Waals surface area contributed by atoms with E-state index in [1.54, 1.807) is 0 Å². The average molecular weight is 221 g/mol. The molecule has 0 spiro atoms. The summed E-state index contributed by atoms with van der Waals surface area (Å²) in [5.41, 5.74) is 2.53. The number of hydrogen-bond acceptors (Lipinski definition) is 2. The molecule has 2 nitrogen and oxygen atoms in total. The van der Waals surface area contributed by atoms with Crippen molar-refractivity contribution in [3.8, 4) is 0 Å². The van der Waals surface area contributed by atoms with Crippen molar-refractivity contribution in [1.29, 1.82) is 0 Å². The second kappa shape index (κ2) is 6.66. The zero-order valence-corrected chi connectivity index (χ0v) is 10.5. The Bertz CT molecular complexity index is 292. The predicted molar refractivity (Wildman–Crippen MR) is 68.5 cm³/mol. The largest absolute Gasteiger partial charge is 0.394 e. The minimum Gasteiger partial charge on any atom is -0.394 e. The number of hydrogen-bond donors (Lipinski definition) is 2. The van der Waals surface area contributed by atoms with Gasteiger partial charge in [-0.1, -0.05) is 51.5 Å². The lowest BCUT2D eigenvalue weighted by Gasteiger charge is -2.19. The van der Waals surface area contributed by atoms with E-state index in [9.17, 15) is 5.11 Å². The van der Waals surface area contributed by atoms with Gasteiger partial charge in [-0.15, -0.1) is 0 Å². The third-order valence-corrected chi connectivity index (χ3v) is 2.64. The molecular formula is C14H23NO. The van der Waals surface area contributed by atoms with Crippen molar-refractivity contribution in [1.82, 2.24) is 5.32 Å². The van der Waals surface area contributed by atoms with E-state index in [-0.39, 0.29) is 12.6 Å². The average Bonchev–Trinajstić information content (AvgIpc) is 2.27. The van der Waals surface area contributed by atoms with Crippen LogP contribution in [0.5, 0.6) is 0 Å². The Morgan fingerprint density at radius 1 is 1.19 bits per heavy atom. The van der Waals surface area contributed by atoms with Crippen LogP contribution in [-0.2, 0) is 6.42 Å². The predicted octanol–water partition coefficient (Wildman–Crippen LogP) is 2.67. The summed E-state index contributed by atoms with van der Waals surface area (Å²) in [4.78, 5) is 0. The van der Waals surface area contributed by atoms with E-state index in [1.165, 1.54) is 12.0 Å². The second-order valence-electron chi connectivity index (χ2n) is 4.55. The molecule has 1 aromatic carbocycles.